The fourth-order valence-electron chi connectivity index (χ4n) is 5.88. The fourth-order valence-corrected chi connectivity index (χ4v) is 5.88. The van der Waals surface area contributed by atoms with Gasteiger partial charge in [0.1, 0.15) is 23.6 Å². The molecule has 0 saturated carbocycles. The minimum Gasteiger partial charge on any atom is -0.349 e. The highest BCUT2D eigenvalue weighted by Gasteiger charge is 2.38. The quantitative estimate of drug-likeness (QED) is 0.312. The van der Waals surface area contributed by atoms with Crippen molar-refractivity contribution in [2.24, 2.45) is 0 Å². The Hall–Kier alpha value is -3.78. The van der Waals surface area contributed by atoms with Crippen LogP contribution in [0.25, 0.3) is 16.8 Å². The number of piperazine rings is 1. The number of nitriles is 1. The number of nitrogens with zero attached hydrogens (tertiary/aromatic N) is 8. The number of fused-ring (bicyclic) bond motifs is 3. The summed E-state index contributed by atoms with van der Waals surface area (Å²) >= 11 is 0. The average molecular weight is 537 g/mol. The number of halogens is 3. The van der Waals surface area contributed by atoms with Crippen LogP contribution in [-0.4, -0.2) is 54.6 Å². The van der Waals surface area contributed by atoms with E-state index in [1.165, 1.54) is 12.1 Å². The Balaban J connectivity index is 1.55. The van der Waals surface area contributed by atoms with Crippen molar-refractivity contribution in [1.82, 2.24) is 29.5 Å². The lowest BCUT2D eigenvalue weighted by atomic mass is 9.91. The highest BCUT2D eigenvalue weighted by Crippen LogP contribution is 2.38. The van der Waals surface area contributed by atoms with Crippen LogP contribution < -0.4 is 4.90 Å². The second-order valence-electron chi connectivity index (χ2n) is 10.1. The largest absolute Gasteiger partial charge is 0.416 e. The van der Waals surface area contributed by atoms with Gasteiger partial charge in [0, 0.05) is 31.2 Å². The van der Waals surface area contributed by atoms with E-state index in [0.717, 1.165) is 30.3 Å². The summed E-state index contributed by atoms with van der Waals surface area (Å²) in [6.45, 7) is 9.49. The Morgan fingerprint density at radius 2 is 1.82 bits per heavy atom. The second-order valence-corrected chi connectivity index (χ2v) is 10.1. The molecule has 3 aromatic heterocycles. The number of alkyl halides is 3. The van der Waals surface area contributed by atoms with Gasteiger partial charge in [-0.25, -0.2) is 4.98 Å². The number of hydrogen-bond donors (Lipinski definition) is 0. The molecule has 1 aliphatic rings. The van der Waals surface area contributed by atoms with Crippen molar-refractivity contribution < 1.29 is 13.2 Å². The van der Waals surface area contributed by atoms with Gasteiger partial charge in [0.2, 0.25) is 0 Å². The summed E-state index contributed by atoms with van der Waals surface area (Å²) in [5.74, 6) is 1.13. The normalized spacial score (nSPS) is 19.5. The zero-order valence-electron chi connectivity index (χ0n) is 22.4. The van der Waals surface area contributed by atoms with Crippen molar-refractivity contribution in [3.63, 3.8) is 0 Å². The maximum Gasteiger partial charge on any atom is 0.416 e. The Bertz CT molecular complexity index is 1540. The third-order valence-electron chi connectivity index (χ3n) is 7.89. The van der Waals surface area contributed by atoms with Crippen molar-refractivity contribution in [3.8, 4) is 6.07 Å². The third-order valence-corrected chi connectivity index (χ3v) is 7.89. The Labute approximate surface area is 225 Å². The van der Waals surface area contributed by atoms with Gasteiger partial charge in [-0.3, -0.25) is 9.30 Å². The van der Waals surface area contributed by atoms with E-state index in [1.807, 2.05) is 6.07 Å². The van der Waals surface area contributed by atoms with E-state index < -0.39 is 11.7 Å². The molecule has 11 heteroatoms. The molecule has 0 aliphatic carbocycles. The molecule has 8 nitrogen and oxygen atoms in total. The monoisotopic (exact) mass is 536 g/mol. The van der Waals surface area contributed by atoms with Crippen LogP contribution in [0.2, 0.25) is 0 Å². The molecular formula is C28H31F3N8. The lowest BCUT2D eigenvalue weighted by Crippen LogP contribution is -2.59. The van der Waals surface area contributed by atoms with Crippen molar-refractivity contribution in [1.29, 1.82) is 5.26 Å². The van der Waals surface area contributed by atoms with Gasteiger partial charge in [-0.15, -0.1) is 10.2 Å². The van der Waals surface area contributed by atoms with Crippen LogP contribution in [0.15, 0.2) is 36.7 Å². The Kier molecular flexibility index (Phi) is 7.16. The lowest BCUT2D eigenvalue weighted by molar-refractivity contribution is -0.137. The molecule has 5 rings (SSSR count). The predicted octanol–water partition coefficient (Wildman–Crippen LogP) is 5.70. The van der Waals surface area contributed by atoms with Gasteiger partial charge in [-0.1, -0.05) is 26.8 Å². The maximum absolute atomic E-state index is 13.3. The molecule has 4 heterocycles. The minimum absolute atomic E-state index is 0.0135. The maximum atomic E-state index is 13.3. The van der Waals surface area contributed by atoms with Gasteiger partial charge in [-0.2, -0.15) is 23.4 Å². The topological polar surface area (TPSA) is 86.2 Å². The van der Waals surface area contributed by atoms with E-state index in [9.17, 15) is 18.4 Å². The van der Waals surface area contributed by atoms with E-state index in [0.29, 0.717) is 41.5 Å². The summed E-state index contributed by atoms with van der Waals surface area (Å²) < 4.78 is 41.8. The summed E-state index contributed by atoms with van der Waals surface area (Å²) in [5, 5.41) is 17.7. The molecule has 1 aliphatic heterocycles. The van der Waals surface area contributed by atoms with Gasteiger partial charge in [-0.05, 0) is 61.6 Å². The Morgan fingerprint density at radius 3 is 2.46 bits per heavy atom. The number of hydrogen-bond acceptors (Lipinski definition) is 7. The highest BCUT2D eigenvalue weighted by atomic mass is 19.4. The van der Waals surface area contributed by atoms with Crippen molar-refractivity contribution in [3.05, 3.63) is 59.0 Å². The molecule has 4 aromatic rings. The molecule has 3 atom stereocenters. The summed E-state index contributed by atoms with van der Waals surface area (Å²) in [6, 6.07) is 9.94. The molecule has 0 spiro atoms. The van der Waals surface area contributed by atoms with Crippen molar-refractivity contribution in [2.45, 2.75) is 71.3 Å². The van der Waals surface area contributed by atoms with Crippen molar-refractivity contribution >= 4 is 22.6 Å². The first-order chi connectivity index (χ1) is 18.7. The molecule has 1 saturated heterocycles. The van der Waals surface area contributed by atoms with Gasteiger partial charge >= 0.3 is 6.18 Å². The minimum atomic E-state index is -4.36. The molecular weight excluding hydrogens is 505 g/mol. The smallest absolute Gasteiger partial charge is 0.349 e. The third kappa shape index (κ3) is 4.78. The molecule has 0 radical (unpaired) electrons. The SMILES string of the molecule is CC[C@H]1CN([C@H](CC)c2ccc(C(F)(F)F)cc2C)[C@H](CC)CN1c1nc2nncn2c2ccc(C#N)nc12. The summed E-state index contributed by atoms with van der Waals surface area (Å²) in [6.07, 6.45) is -0.320. The van der Waals surface area contributed by atoms with Crippen LogP contribution in [0.1, 0.15) is 68.5 Å². The van der Waals surface area contributed by atoms with Gasteiger partial charge in [0.15, 0.2) is 5.82 Å². The number of anilines is 1. The molecule has 0 unspecified atom stereocenters. The van der Waals surface area contributed by atoms with Crippen LogP contribution in [-0.2, 0) is 6.18 Å². The number of pyridine rings is 1. The fraction of sp³-hybridized carbons (Fsp3) is 0.464. The van der Waals surface area contributed by atoms with Gasteiger partial charge in [0.05, 0.1) is 11.1 Å². The van der Waals surface area contributed by atoms with E-state index in [4.69, 9.17) is 4.98 Å². The highest BCUT2D eigenvalue weighted by molar-refractivity contribution is 5.88. The van der Waals surface area contributed by atoms with E-state index in [-0.39, 0.29) is 18.1 Å². The lowest BCUT2D eigenvalue weighted by Gasteiger charge is -2.50. The van der Waals surface area contributed by atoms with Crippen LogP contribution in [0.3, 0.4) is 0 Å². The first kappa shape index (κ1) is 26.8. The summed E-state index contributed by atoms with van der Waals surface area (Å²) in [7, 11) is 0. The number of rotatable bonds is 6. The van der Waals surface area contributed by atoms with Crippen LogP contribution >= 0.6 is 0 Å². The number of aryl methyl sites for hydroxylation is 1. The zero-order chi connectivity index (χ0) is 27.9. The van der Waals surface area contributed by atoms with Crippen molar-refractivity contribution in [2.75, 3.05) is 18.0 Å². The van der Waals surface area contributed by atoms with E-state index >= 15 is 0 Å². The summed E-state index contributed by atoms with van der Waals surface area (Å²) in [5.41, 5.74) is 2.67. The van der Waals surface area contributed by atoms with Crippen LogP contribution in [0, 0.1) is 18.3 Å². The first-order valence-corrected chi connectivity index (χ1v) is 13.3. The molecule has 0 N–H and O–H groups in total. The standard InChI is InChI=1S/C28H31F3N8/c1-5-20-15-38(26-25-24(11-9-19(13-32)34-25)39-16-33-36-27(39)35-26)21(6-2)14-37(20)23(7-3)22-10-8-18(12-17(22)4)28(29,30)31/h8-12,16,20-21,23H,5-7,14-15H2,1-4H3/t20-,21+,23-/m1/s1. The molecule has 1 fully saturated rings. The van der Waals surface area contributed by atoms with E-state index in [2.05, 4.69) is 51.8 Å². The summed E-state index contributed by atoms with van der Waals surface area (Å²) in [4.78, 5) is 14.2. The predicted molar refractivity (Wildman–Crippen MR) is 142 cm³/mol. The molecule has 204 valence electrons. The number of benzene rings is 1. The second kappa shape index (κ2) is 10.4. The van der Waals surface area contributed by atoms with Gasteiger partial charge < -0.3 is 4.90 Å². The van der Waals surface area contributed by atoms with E-state index in [1.54, 1.807) is 29.8 Å². The average Bonchev–Trinajstić information content (AvgIpc) is 3.41. The Morgan fingerprint density at radius 1 is 1.05 bits per heavy atom. The first-order valence-electron chi connectivity index (χ1n) is 13.3. The van der Waals surface area contributed by atoms with Gasteiger partial charge in [0.25, 0.3) is 5.78 Å². The number of aromatic nitrogens is 5. The van der Waals surface area contributed by atoms with Crippen LogP contribution in [0.4, 0.5) is 19.0 Å². The zero-order valence-corrected chi connectivity index (χ0v) is 22.4. The molecule has 39 heavy (non-hydrogen) atoms. The molecule has 0 bridgehead atoms. The van der Waals surface area contributed by atoms with Crippen LogP contribution in [0.5, 0.6) is 0 Å². The molecule has 1 aromatic carbocycles. The molecule has 0 amide bonds.